The average molecular weight is 272 g/mol. The van der Waals surface area contributed by atoms with Gasteiger partial charge in [-0.2, -0.15) is 0 Å². The third-order valence-electron chi connectivity index (χ3n) is 3.68. The topological polar surface area (TPSA) is 12.9 Å². The van der Waals surface area contributed by atoms with Crippen molar-refractivity contribution >= 4 is 0 Å². The van der Waals surface area contributed by atoms with Crippen LogP contribution in [0.2, 0.25) is 0 Å². The molecule has 0 aliphatic heterocycles. The number of hydrogen-bond donors (Lipinski definition) is 0. The van der Waals surface area contributed by atoms with Crippen LogP contribution in [0.15, 0.2) is 73.1 Å². The molecule has 0 aliphatic rings. The predicted molar refractivity (Wildman–Crippen MR) is 87.0 cm³/mol. The third-order valence-corrected chi connectivity index (χ3v) is 3.68. The minimum absolute atomic E-state index is 1.08. The molecular formula is C20H18N. The van der Waals surface area contributed by atoms with E-state index in [1.807, 2.05) is 24.5 Å². The number of aryl methyl sites for hydroxylation is 2. The van der Waals surface area contributed by atoms with E-state index in [0.717, 1.165) is 19.3 Å². The van der Waals surface area contributed by atoms with Crippen molar-refractivity contribution in [2.45, 2.75) is 19.3 Å². The highest BCUT2D eigenvalue weighted by Crippen LogP contribution is 2.23. The Morgan fingerprint density at radius 3 is 2.62 bits per heavy atom. The van der Waals surface area contributed by atoms with Crippen molar-refractivity contribution in [1.82, 2.24) is 4.98 Å². The maximum Gasteiger partial charge on any atom is 0.0346 e. The summed E-state index contributed by atoms with van der Waals surface area (Å²) in [6.07, 6.45) is 7.08. The van der Waals surface area contributed by atoms with E-state index in [1.54, 1.807) is 0 Å². The number of hydrogen-bond acceptors (Lipinski definition) is 1. The van der Waals surface area contributed by atoms with Gasteiger partial charge in [0.1, 0.15) is 0 Å². The molecule has 1 heterocycles. The Kier molecular flexibility index (Phi) is 4.42. The fourth-order valence-electron chi connectivity index (χ4n) is 2.60. The molecule has 0 saturated carbocycles. The van der Waals surface area contributed by atoms with Crippen LogP contribution in [0.5, 0.6) is 0 Å². The van der Waals surface area contributed by atoms with Gasteiger partial charge in [0, 0.05) is 18.0 Å². The summed E-state index contributed by atoms with van der Waals surface area (Å²) < 4.78 is 0. The van der Waals surface area contributed by atoms with Gasteiger partial charge in [-0.1, -0.05) is 48.5 Å². The van der Waals surface area contributed by atoms with E-state index in [1.165, 1.54) is 22.3 Å². The molecule has 0 bridgehead atoms. The minimum Gasteiger partial charge on any atom is -0.264 e. The van der Waals surface area contributed by atoms with Crippen LogP contribution in [0.4, 0.5) is 0 Å². The first-order valence-corrected chi connectivity index (χ1v) is 7.37. The molecule has 0 aliphatic carbocycles. The molecule has 0 unspecified atom stereocenters. The molecule has 1 heteroatoms. The van der Waals surface area contributed by atoms with Crippen molar-refractivity contribution in [2.75, 3.05) is 0 Å². The lowest BCUT2D eigenvalue weighted by Gasteiger charge is -2.09. The summed E-state index contributed by atoms with van der Waals surface area (Å²) in [7, 11) is 0. The number of aromatic nitrogens is 1. The lowest BCUT2D eigenvalue weighted by atomic mass is 9.96. The van der Waals surface area contributed by atoms with E-state index in [4.69, 9.17) is 0 Å². The van der Waals surface area contributed by atoms with Crippen LogP contribution in [0, 0.1) is 6.07 Å². The second-order valence-electron chi connectivity index (χ2n) is 5.16. The van der Waals surface area contributed by atoms with Crippen molar-refractivity contribution in [2.24, 2.45) is 0 Å². The summed E-state index contributed by atoms with van der Waals surface area (Å²) >= 11 is 0. The lowest BCUT2D eigenvalue weighted by molar-refractivity contribution is 0.822. The van der Waals surface area contributed by atoms with Crippen LogP contribution in [-0.2, 0) is 12.8 Å². The maximum absolute atomic E-state index is 4.22. The molecule has 1 nitrogen and oxygen atoms in total. The number of rotatable bonds is 5. The smallest absolute Gasteiger partial charge is 0.0346 e. The van der Waals surface area contributed by atoms with Gasteiger partial charge in [0.25, 0.3) is 0 Å². The van der Waals surface area contributed by atoms with Crippen LogP contribution in [-0.4, -0.2) is 4.98 Å². The molecule has 1 radical (unpaired) electrons. The Morgan fingerprint density at radius 2 is 1.81 bits per heavy atom. The van der Waals surface area contributed by atoms with Gasteiger partial charge < -0.3 is 0 Å². The summed E-state index contributed by atoms with van der Waals surface area (Å²) in [5.41, 5.74) is 5.20. The summed E-state index contributed by atoms with van der Waals surface area (Å²) in [4.78, 5) is 4.22. The monoisotopic (exact) mass is 272 g/mol. The third kappa shape index (κ3) is 3.57. The second-order valence-corrected chi connectivity index (χ2v) is 5.16. The van der Waals surface area contributed by atoms with Crippen LogP contribution in [0.25, 0.3) is 11.1 Å². The fraction of sp³-hybridized carbons (Fsp3) is 0.150. The molecule has 3 rings (SSSR count). The molecule has 1 aromatic heterocycles. The van der Waals surface area contributed by atoms with Gasteiger partial charge in [0.2, 0.25) is 0 Å². The molecule has 0 fully saturated rings. The Bertz CT molecular complexity index is 674. The van der Waals surface area contributed by atoms with Crippen molar-refractivity contribution < 1.29 is 0 Å². The van der Waals surface area contributed by atoms with Crippen LogP contribution in [0.1, 0.15) is 17.5 Å². The van der Waals surface area contributed by atoms with Gasteiger partial charge in [-0.3, -0.25) is 4.98 Å². The molecule has 3 aromatic rings. The van der Waals surface area contributed by atoms with E-state index in [0.29, 0.717) is 0 Å². The number of nitrogens with zero attached hydrogens (tertiary/aromatic N) is 1. The first-order valence-electron chi connectivity index (χ1n) is 7.37. The van der Waals surface area contributed by atoms with Crippen LogP contribution >= 0.6 is 0 Å². The van der Waals surface area contributed by atoms with Crippen molar-refractivity contribution in [3.8, 4) is 11.1 Å². The van der Waals surface area contributed by atoms with Gasteiger partial charge in [-0.05, 0) is 54.2 Å². The van der Waals surface area contributed by atoms with E-state index < -0.39 is 0 Å². The molecule has 21 heavy (non-hydrogen) atoms. The standard InChI is InChI=1S/C20H18N/c1-2-8-17(9-3-1)10-6-12-18-11-4-5-14-20(18)19-13-7-15-21-16-19/h1-4,7-9,11,13-16H,6,10,12H2. The first-order chi connectivity index (χ1) is 10.4. The zero-order chi connectivity index (χ0) is 14.3. The molecule has 0 saturated heterocycles. The average Bonchev–Trinajstić information content (AvgIpc) is 2.57. The van der Waals surface area contributed by atoms with E-state index >= 15 is 0 Å². The lowest BCUT2D eigenvalue weighted by Crippen LogP contribution is -1.93. The number of pyridine rings is 1. The summed E-state index contributed by atoms with van der Waals surface area (Å²) in [6.45, 7) is 0. The molecule has 0 amide bonds. The Labute approximate surface area is 126 Å². The highest BCUT2D eigenvalue weighted by molar-refractivity contribution is 5.66. The van der Waals surface area contributed by atoms with E-state index in [-0.39, 0.29) is 0 Å². The van der Waals surface area contributed by atoms with Crippen molar-refractivity contribution in [3.05, 3.63) is 90.3 Å². The SMILES string of the molecule is [c]1ccc(CCCc2ccccc2)c(-c2cccnc2)c1. The van der Waals surface area contributed by atoms with Gasteiger partial charge in [-0.15, -0.1) is 0 Å². The second kappa shape index (κ2) is 6.85. The molecule has 2 aromatic carbocycles. The maximum atomic E-state index is 4.22. The normalized spacial score (nSPS) is 10.5. The Morgan fingerprint density at radius 1 is 0.905 bits per heavy atom. The van der Waals surface area contributed by atoms with Gasteiger partial charge in [0.15, 0.2) is 0 Å². The first kappa shape index (κ1) is 13.6. The van der Waals surface area contributed by atoms with E-state index in [2.05, 4.69) is 59.6 Å². The summed E-state index contributed by atoms with van der Waals surface area (Å²) in [6, 6.07) is 24.2. The quantitative estimate of drug-likeness (QED) is 0.654. The zero-order valence-corrected chi connectivity index (χ0v) is 12.0. The number of benzene rings is 2. The van der Waals surface area contributed by atoms with Gasteiger partial charge in [-0.25, -0.2) is 0 Å². The molecule has 0 atom stereocenters. The fourth-order valence-corrected chi connectivity index (χ4v) is 2.60. The summed E-state index contributed by atoms with van der Waals surface area (Å²) in [5, 5.41) is 0. The molecule has 0 spiro atoms. The Balaban J connectivity index is 1.71. The molecule has 0 N–H and O–H groups in total. The van der Waals surface area contributed by atoms with E-state index in [9.17, 15) is 0 Å². The van der Waals surface area contributed by atoms with Crippen molar-refractivity contribution in [1.29, 1.82) is 0 Å². The highest BCUT2D eigenvalue weighted by atomic mass is 14.6. The zero-order valence-electron chi connectivity index (χ0n) is 12.0. The summed E-state index contributed by atoms with van der Waals surface area (Å²) in [5.74, 6) is 0. The van der Waals surface area contributed by atoms with Gasteiger partial charge in [0.05, 0.1) is 0 Å². The van der Waals surface area contributed by atoms with Crippen LogP contribution < -0.4 is 0 Å². The predicted octanol–water partition coefficient (Wildman–Crippen LogP) is 4.72. The van der Waals surface area contributed by atoms with Crippen molar-refractivity contribution in [3.63, 3.8) is 0 Å². The molecular weight excluding hydrogens is 254 g/mol. The minimum atomic E-state index is 1.08. The Hall–Kier alpha value is -2.41. The largest absolute Gasteiger partial charge is 0.264 e. The van der Waals surface area contributed by atoms with Gasteiger partial charge >= 0.3 is 0 Å². The van der Waals surface area contributed by atoms with Crippen LogP contribution in [0.3, 0.4) is 0 Å². The highest BCUT2D eigenvalue weighted by Gasteiger charge is 2.04. The molecule has 103 valence electrons.